The molecule has 150 valence electrons. The number of aryl methyl sites for hydroxylation is 1. The predicted octanol–water partition coefficient (Wildman–Crippen LogP) is 7.67. The van der Waals surface area contributed by atoms with Gasteiger partial charge in [-0.25, -0.2) is 0 Å². The minimum Gasteiger partial charge on any atom is -0.494 e. The Morgan fingerprint density at radius 1 is 0.963 bits per heavy atom. The highest BCUT2D eigenvalue weighted by Crippen LogP contribution is 2.31. The summed E-state index contributed by atoms with van der Waals surface area (Å²) in [4.78, 5) is 0. The lowest BCUT2D eigenvalue weighted by Crippen LogP contribution is -2.15. The highest BCUT2D eigenvalue weighted by atomic mass is 35.5. The van der Waals surface area contributed by atoms with Gasteiger partial charge in [-0.05, 0) is 80.0 Å². The molecule has 0 heterocycles. The smallest absolute Gasteiger partial charge is 0.123 e. The molecule has 2 aromatic carbocycles. The van der Waals surface area contributed by atoms with Crippen LogP contribution >= 0.6 is 11.6 Å². The predicted molar refractivity (Wildman–Crippen MR) is 118 cm³/mol. The lowest BCUT2D eigenvalue weighted by molar-refractivity contribution is 0.182. The average molecular weight is 391 g/mol. The summed E-state index contributed by atoms with van der Waals surface area (Å²) in [5.41, 5.74) is 1.22. The Kier molecular flexibility index (Phi) is 9.83. The summed E-state index contributed by atoms with van der Waals surface area (Å²) in [5, 5.41) is 2.45. The summed E-state index contributed by atoms with van der Waals surface area (Å²) in [6.45, 7) is 7.36. The lowest BCUT2D eigenvalue weighted by Gasteiger charge is -2.20. The minimum absolute atomic E-state index is 0.309. The molecule has 1 unspecified atom stereocenters. The Balaban J connectivity index is 2.02. The number of halogens is 1. The van der Waals surface area contributed by atoms with Gasteiger partial charge in [0.15, 0.2) is 0 Å². The second-order valence-electron chi connectivity index (χ2n) is 7.31. The largest absolute Gasteiger partial charge is 0.494 e. The van der Waals surface area contributed by atoms with Crippen LogP contribution in [0.25, 0.3) is 10.8 Å². The standard InChI is InChI=1S/C24H35ClO2/c1-4-6-8-11-21(5-2)27-24-15-12-20-18-22(13-14-23(20)19(24)3)26-17-10-7-9-16-25/h12-15,18,21H,4-11,16-17H2,1-3H3. The van der Waals surface area contributed by atoms with Crippen LogP contribution in [0.15, 0.2) is 30.3 Å². The van der Waals surface area contributed by atoms with E-state index in [1.807, 2.05) is 0 Å². The molecule has 0 saturated carbocycles. The van der Waals surface area contributed by atoms with Crippen molar-refractivity contribution in [1.29, 1.82) is 0 Å². The zero-order valence-electron chi connectivity index (χ0n) is 17.2. The van der Waals surface area contributed by atoms with Crippen LogP contribution in [-0.2, 0) is 0 Å². The first kappa shape index (κ1) is 21.9. The number of ether oxygens (including phenoxy) is 2. The van der Waals surface area contributed by atoms with E-state index < -0.39 is 0 Å². The van der Waals surface area contributed by atoms with Crippen molar-refractivity contribution in [2.75, 3.05) is 12.5 Å². The van der Waals surface area contributed by atoms with Gasteiger partial charge in [0, 0.05) is 5.88 Å². The number of alkyl halides is 1. The molecule has 0 aliphatic heterocycles. The van der Waals surface area contributed by atoms with Crippen LogP contribution in [0.4, 0.5) is 0 Å². The fraction of sp³-hybridized carbons (Fsp3) is 0.583. The maximum absolute atomic E-state index is 6.34. The van der Waals surface area contributed by atoms with E-state index in [4.69, 9.17) is 21.1 Å². The zero-order chi connectivity index (χ0) is 19.5. The summed E-state index contributed by atoms with van der Waals surface area (Å²) in [7, 11) is 0. The first-order valence-corrected chi connectivity index (χ1v) is 11.1. The SMILES string of the molecule is CCCCCC(CC)Oc1ccc2cc(OCCCCCCl)ccc2c1C. The van der Waals surface area contributed by atoms with Crippen LogP contribution in [0, 0.1) is 6.92 Å². The molecule has 1 atom stereocenters. The van der Waals surface area contributed by atoms with Gasteiger partial charge in [-0.2, -0.15) is 0 Å². The highest BCUT2D eigenvalue weighted by Gasteiger charge is 2.12. The van der Waals surface area contributed by atoms with Crippen molar-refractivity contribution in [2.24, 2.45) is 0 Å². The summed E-state index contributed by atoms with van der Waals surface area (Å²) in [6, 6.07) is 10.6. The fourth-order valence-electron chi connectivity index (χ4n) is 3.37. The molecule has 0 saturated heterocycles. The summed E-state index contributed by atoms with van der Waals surface area (Å²) in [6.07, 6.45) is 9.50. The number of hydrogen-bond donors (Lipinski definition) is 0. The molecule has 2 nitrogen and oxygen atoms in total. The van der Waals surface area contributed by atoms with E-state index in [9.17, 15) is 0 Å². The molecular formula is C24H35ClO2. The number of unbranched alkanes of at least 4 members (excludes halogenated alkanes) is 4. The average Bonchev–Trinajstić information content (AvgIpc) is 2.69. The van der Waals surface area contributed by atoms with Gasteiger partial charge in [-0.1, -0.05) is 38.8 Å². The molecule has 0 fully saturated rings. The van der Waals surface area contributed by atoms with E-state index >= 15 is 0 Å². The molecular weight excluding hydrogens is 356 g/mol. The van der Waals surface area contributed by atoms with Gasteiger partial charge in [0.05, 0.1) is 12.7 Å². The third-order valence-electron chi connectivity index (χ3n) is 5.14. The number of benzene rings is 2. The lowest BCUT2D eigenvalue weighted by atomic mass is 10.0. The second kappa shape index (κ2) is 12.1. The number of rotatable bonds is 13. The van der Waals surface area contributed by atoms with Crippen molar-refractivity contribution in [3.63, 3.8) is 0 Å². The van der Waals surface area contributed by atoms with E-state index in [2.05, 4.69) is 51.1 Å². The molecule has 0 amide bonds. The van der Waals surface area contributed by atoms with E-state index in [-0.39, 0.29) is 0 Å². The van der Waals surface area contributed by atoms with E-state index in [0.29, 0.717) is 6.10 Å². The molecule has 3 heteroatoms. The Labute approximate surface area is 170 Å². The van der Waals surface area contributed by atoms with Crippen LogP contribution < -0.4 is 9.47 Å². The number of hydrogen-bond acceptors (Lipinski definition) is 2. The van der Waals surface area contributed by atoms with Crippen molar-refractivity contribution >= 4 is 22.4 Å². The van der Waals surface area contributed by atoms with Gasteiger partial charge in [0.1, 0.15) is 11.5 Å². The van der Waals surface area contributed by atoms with E-state index in [1.165, 1.54) is 35.6 Å². The second-order valence-corrected chi connectivity index (χ2v) is 7.69. The Hall–Kier alpha value is -1.41. The molecule has 0 aliphatic rings. The molecule has 0 spiro atoms. The maximum Gasteiger partial charge on any atom is 0.123 e. The van der Waals surface area contributed by atoms with Gasteiger partial charge in [-0.3, -0.25) is 0 Å². The van der Waals surface area contributed by atoms with Crippen LogP contribution in [0.3, 0.4) is 0 Å². The van der Waals surface area contributed by atoms with Crippen molar-refractivity contribution < 1.29 is 9.47 Å². The van der Waals surface area contributed by atoms with Gasteiger partial charge in [0.25, 0.3) is 0 Å². The molecule has 0 aromatic heterocycles. The topological polar surface area (TPSA) is 18.5 Å². The monoisotopic (exact) mass is 390 g/mol. The number of fused-ring (bicyclic) bond motifs is 1. The van der Waals surface area contributed by atoms with Gasteiger partial charge < -0.3 is 9.47 Å². The van der Waals surface area contributed by atoms with Crippen LogP contribution in [0.2, 0.25) is 0 Å². The fourth-order valence-corrected chi connectivity index (χ4v) is 3.56. The molecule has 27 heavy (non-hydrogen) atoms. The molecule has 0 N–H and O–H groups in total. The molecule has 2 aromatic rings. The van der Waals surface area contributed by atoms with Crippen molar-refractivity contribution in [1.82, 2.24) is 0 Å². The van der Waals surface area contributed by atoms with Crippen molar-refractivity contribution in [3.05, 3.63) is 35.9 Å². The minimum atomic E-state index is 0.309. The Morgan fingerprint density at radius 2 is 1.81 bits per heavy atom. The Morgan fingerprint density at radius 3 is 2.56 bits per heavy atom. The molecule has 2 rings (SSSR count). The molecule has 0 radical (unpaired) electrons. The Bertz CT molecular complexity index is 683. The summed E-state index contributed by atoms with van der Waals surface area (Å²) >= 11 is 5.71. The quantitative estimate of drug-likeness (QED) is 0.258. The van der Waals surface area contributed by atoms with Crippen LogP contribution in [-0.4, -0.2) is 18.6 Å². The van der Waals surface area contributed by atoms with Gasteiger partial charge in [-0.15, -0.1) is 11.6 Å². The third-order valence-corrected chi connectivity index (χ3v) is 5.40. The molecule has 0 bridgehead atoms. The summed E-state index contributed by atoms with van der Waals surface area (Å²) in [5.74, 6) is 2.69. The van der Waals surface area contributed by atoms with Crippen LogP contribution in [0.1, 0.15) is 70.8 Å². The van der Waals surface area contributed by atoms with Crippen molar-refractivity contribution in [3.8, 4) is 11.5 Å². The maximum atomic E-state index is 6.34. The van der Waals surface area contributed by atoms with Gasteiger partial charge >= 0.3 is 0 Å². The highest BCUT2D eigenvalue weighted by molar-refractivity contribution is 6.17. The normalized spacial score (nSPS) is 12.3. The summed E-state index contributed by atoms with van der Waals surface area (Å²) < 4.78 is 12.2. The first-order chi connectivity index (χ1) is 13.2. The van der Waals surface area contributed by atoms with Crippen molar-refractivity contribution in [2.45, 2.75) is 78.2 Å². The van der Waals surface area contributed by atoms with E-state index in [1.54, 1.807) is 0 Å². The third kappa shape index (κ3) is 6.92. The molecule has 0 aliphatic carbocycles. The zero-order valence-corrected chi connectivity index (χ0v) is 18.0. The van der Waals surface area contributed by atoms with Gasteiger partial charge in [0.2, 0.25) is 0 Å². The van der Waals surface area contributed by atoms with E-state index in [0.717, 1.165) is 56.1 Å². The van der Waals surface area contributed by atoms with Crippen LogP contribution in [0.5, 0.6) is 11.5 Å². The first-order valence-electron chi connectivity index (χ1n) is 10.6.